The molecule has 12 heteroatoms. The highest BCUT2D eigenvalue weighted by Crippen LogP contribution is 2.35. The zero-order valence-electron chi connectivity index (χ0n) is 13.8. The highest BCUT2D eigenvalue weighted by Gasteiger charge is 2.25. The largest absolute Gasteiger partial charge is 0.339 e. The third-order valence-corrected chi connectivity index (χ3v) is 5.97. The van der Waals surface area contributed by atoms with Crippen LogP contribution in [0.4, 0.5) is 0 Å². The van der Waals surface area contributed by atoms with E-state index in [2.05, 4.69) is 9.80 Å². The van der Waals surface area contributed by atoms with Crippen LogP contribution in [0.2, 0.25) is 0 Å². The lowest BCUT2D eigenvalue weighted by atomic mass is 10.3. The summed E-state index contributed by atoms with van der Waals surface area (Å²) >= 11 is 0. The molecule has 142 valence electrons. The minimum absolute atomic E-state index is 0.164. The summed E-state index contributed by atoms with van der Waals surface area (Å²) in [5.41, 5.74) is 0. The van der Waals surface area contributed by atoms with E-state index in [-0.39, 0.29) is 12.6 Å². The van der Waals surface area contributed by atoms with Crippen molar-refractivity contribution in [3.8, 4) is 0 Å². The quantitative estimate of drug-likeness (QED) is 0.384. The van der Waals surface area contributed by atoms with Gasteiger partial charge in [-0.3, -0.25) is 28.7 Å². The Morgan fingerprint density at radius 2 is 0.792 bits per heavy atom. The standard InChI is InChI=1S/C12H28N4O6P2/c17-23(18,19)11-15-7-3-13(4-8-15)1-2-14-5-9-16(10-6-14)12-24(20,21)22/h1-12H2,(H2,17,18,19)(H2,20,21,22). The molecule has 0 amide bonds. The summed E-state index contributed by atoms with van der Waals surface area (Å²) in [6, 6.07) is 0. The maximum absolute atomic E-state index is 11.0. The van der Waals surface area contributed by atoms with Gasteiger partial charge >= 0.3 is 15.2 Å². The fourth-order valence-electron chi connectivity index (χ4n) is 3.11. The lowest BCUT2D eigenvalue weighted by Gasteiger charge is -2.38. The summed E-state index contributed by atoms with van der Waals surface area (Å²) in [5, 5.41) is 0. The number of rotatable bonds is 7. The van der Waals surface area contributed by atoms with Crippen LogP contribution in [0, 0.1) is 0 Å². The van der Waals surface area contributed by atoms with Gasteiger partial charge in [-0.1, -0.05) is 0 Å². The summed E-state index contributed by atoms with van der Waals surface area (Å²) in [7, 11) is -7.95. The highest BCUT2D eigenvalue weighted by atomic mass is 31.2. The molecule has 0 bridgehead atoms. The van der Waals surface area contributed by atoms with E-state index in [0.29, 0.717) is 26.2 Å². The third kappa shape index (κ3) is 8.01. The molecule has 2 saturated heterocycles. The summed E-state index contributed by atoms with van der Waals surface area (Å²) in [6.07, 6.45) is -0.329. The SMILES string of the molecule is O=P(O)(O)CN1CCN(CCN2CCN(CP(=O)(O)O)CC2)CC1. The van der Waals surface area contributed by atoms with Crippen molar-refractivity contribution in [2.45, 2.75) is 0 Å². The molecule has 0 aromatic heterocycles. The zero-order chi connectivity index (χ0) is 17.8. The Balaban J connectivity index is 1.60. The van der Waals surface area contributed by atoms with E-state index in [1.54, 1.807) is 9.80 Å². The first-order valence-electron chi connectivity index (χ1n) is 8.09. The Labute approximate surface area is 142 Å². The molecule has 2 aliphatic rings. The van der Waals surface area contributed by atoms with E-state index in [4.69, 9.17) is 19.6 Å². The Hall–Kier alpha value is 0.140. The van der Waals surface area contributed by atoms with Crippen LogP contribution < -0.4 is 0 Å². The van der Waals surface area contributed by atoms with Gasteiger partial charge in [-0.25, -0.2) is 0 Å². The van der Waals surface area contributed by atoms with Crippen molar-refractivity contribution >= 4 is 15.2 Å². The van der Waals surface area contributed by atoms with Crippen LogP contribution in [0.1, 0.15) is 0 Å². The molecule has 2 heterocycles. The first-order chi connectivity index (χ1) is 11.1. The van der Waals surface area contributed by atoms with Gasteiger partial charge in [-0.2, -0.15) is 0 Å². The Morgan fingerprint density at radius 3 is 1.04 bits per heavy atom. The first kappa shape index (κ1) is 20.5. The predicted molar refractivity (Wildman–Crippen MR) is 89.8 cm³/mol. The fraction of sp³-hybridized carbons (Fsp3) is 1.00. The van der Waals surface area contributed by atoms with Gasteiger partial charge in [-0.15, -0.1) is 0 Å². The number of hydrogen-bond acceptors (Lipinski definition) is 6. The molecule has 2 fully saturated rings. The lowest BCUT2D eigenvalue weighted by molar-refractivity contribution is 0.102. The van der Waals surface area contributed by atoms with Crippen LogP contribution in [0.5, 0.6) is 0 Å². The molecule has 24 heavy (non-hydrogen) atoms. The maximum Gasteiger partial charge on any atom is 0.339 e. The summed E-state index contributed by atoms with van der Waals surface area (Å²) < 4.78 is 22.0. The van der Waals surface area contributed by atoms with E-state index < -0.39 is 15.2 Å². The van der Waals surface area contributed by atoms with Crippen molar-refractivity contribution in [1.82, 2.24) is 19.6 Å². The topological polar surface area (TPSA) is 128 Å². The molecule has 0 atom stereocenters. The molecule has 10 nitrogen and oxygen atoms in total. The van der Waals surface area contributed by atoms with Gasteiger partial charge in [0.2, 0.25) is 0 Å². The second-order valence-corrected chi connectivity index (χ2v) is 9.76. The van der Waals surface area contributed by atoms with Crippen molar-refractivity contribution in [2.75, 3.05) is 78.0 Å². The Morgan fingerprint density at radius 1 is 0.542 bits per heavy atom. The van der Waals surface area contributed by atoms with Gasteiger partial charge < -0.3 is 19.6 Å². The molecule has 0 spiro atoms. The van der Waals surface area contributed by atoms with E-state index in [1.165, 1.54) is 0 Å². The van der Waals surface area contributed by atoms with Crippen LogP contribution in [0.15, 0.2) is 0 Å². The summed E-state index contributed by atoms with van der Waals surface area (Å²) in [6.45, 7) is 7.70. The lowest BCUT2D eigenvalue weighted by Crippen LogP contribution is -2.51. The van der Waals surface area contributed by atoms with Crippen LogP contribution in [-0.4, -0.2) is 117 Å². The van der Waals surface area contributed by atoms with Crippen LogP contribution >= 0.6 is 15.2 Å². The van der Waals surface area contributed by atoms with E-state index in [1.807, 2.05) is 0 Å². The molecule has 0 aliphatic carbocycles. The average Bonchev–Trinajstić information content (AvgIpc) is 2.45. The van der Waals surface area contributed by atoms with Gasteiger partial charge in [-0.05, 0) is 0 Å². The highest BCUT2D eigenvalue weighted by molar-refractivity contribution is 7.51. The molecular formula is C12H28N4O6P2. The monoisotopic (exact) mass is 386 g/mol. The van der Waals surface area contributed by atoms with Gasteiger partial charge in [0.25, 0.3) is 0 Å². The maximum atomic E-state index is 11.0. The average molecular weight is 386 g/mol. The molecule has 0 unspecified atom stereocenters. The Kier molecular flexibility index (Phi) is 7.40. The fourth-order valence-corrected chi connectivity index (χ4v) is 4.72. The van der Waals surface area contributed by atoms with Gasteiger partial charge in [0.05, 0.1) is 0 Å². The molecule has 4 N–H and O–H groups in total. The smallest absolute Gasteiger partial charge is 0.324 e. The van der Waals surface area contributed by atoms with E-state index >= 15 is 0 Å². The van der Waals surface area contributed by atoms with E-state index in [9.17, 15) is 9.13 Å². The van der Waals surface area contributed by atoms with Crippen molar-refractivity contribution in [1.29, 1.82) is 0 Å². The molecular weight excluding hydrogens is 358 g/mol. The number of hydrogen-bond donors (Lipinski definition) is 4. The van der Waals surface area contributed by atoms with Crippen molar-refractivity contribution in [3.05, 3.63) is 0 Å². The van der Waals surface area contributed by atoms with Gasteiger partial charge in [0, 0.05) is 65.4 Å². The van der Waals surface area contributed by atoms with Crippen molar-refractivity contribution < 1.29 is 28.7 Å². The first-order valence-corrected chi connectivity index (χ1v) is 11.7. The molecule has 0 radical (unpaired) electrons. The second kappa shape index (κ2) is 8.68. The molecule has 2 aliphatic heterocycles. The Bertz CT molecular complexity index is 438. The molecule has 0 saturated carbocycles. The van der Waals surface area contributed by atoms with Gasteiger partial charge in [0.1, 0.15) is 12.6 Å². The van der Waals surface area contributed by atoms with Crippen LogP contribution in [0.25, 0.3) is 0 Å². The van der Waals surface area contributed by atoms with Crippen molar-refractivity contribution in [2.24, 2.45) is 0 Å². The normalized spacial score (nSPS) is 23.7. The molecule has 0 aromatic rings. The molecule has 0 aromatic carbocycles. The minimum Gasteiger partial charge on any atom is -0.324 e. The number of piperazine rings is 2. The van der Waals surface area contributed by atoms with Crippen LogP contribution in [0.3, 0.4) is 0 Å². The van der Waals surface area contributed by atoms with E-state index in [0.717, 1.165) is 39.3 Å². The van der Waals surface area contributed by atoms with Crippen LogP contribution in [-0.2, 0) is 9.13 Å². The zero-order valence-corrected chi connectivity index (χ0v) is 15.6. The third-order valence-electron chi connectivity index (χ3n) is 4.43. The van der Waals surface area contributed by atoms with Gasteiger partial charge in [0.15, 0.2) is 0 Å². The number of nitrogens with zero attached hydrogens (tertiary/aromatic N) is 4. The summed E-state index contributed by atoms with van der Waals surface area (Å²) in [4.78, 5) is 44.2. The minimum atomic E-state index is -3.97. The predicted octanol–water partition coefficient (Wildman–Crippen LogP) is -1.51. The van der Waals surface area contributed by atoms with Crippen molar-refractivity contribution in [3.63, 3.8) is 0 Å². The molecule has 2 rings (SSSR count). The second-order valence-electron chi connectivity index (χ2n) is 6.53. The summed E-state index contributed by atoms with van der Waals surface area (Å²) in [5.74, 6) is 0.